The second-order valence-electron chi connectivity index (χ2n) is 9.19. The van der Waals surface area contributed by atoms with E-state index in [9.17, 15) is 19.5 Å². The zero-order valence-corrected chi connectivity index (χ0v) is 22.1. The number of anilines is 1. The van der Waals surface area contributed by atoms with Crippen molar-refractivity contribution in [1.82, 2.24) is 4.90 Å². The molecule has 0 spiro atoms. The number of urea groups is 1. The molecular weight excluding hydrogens is 508 g/mol. The quantitative estimate of drug-likeness (QED) is 0.270. The number of hydrogen-bond acceptors (Lipinski definition) is 6. The number of likely N-dealkylation sites (tertiary alicyclic amines) is 1. The average molecular weight is 535 g/mol. The Morgan fingerprint density at radius 1 is 0.892 bits per heavy atom. The molecule has 9 heteroatoms. The molecule has 7 nitrogen and oxygen atoms in total. The van der Waals surface area contributed by atoms with Crippen LogP contribution in [0.2, 0.25) is 0 Å². The zero-order chi connectivity index (χ0) is 26.3. The van der Waals surface area contributed by atoms with Crippen LogP contribution in [0.25, 0.3) is 0 Å². The molecule has 1 aromatic carbocycles. The van der Waals surface area contributed by atoms with Crippen molar-refractivity contribution in [3.05, 3.63) is 97.8 Å². The van der Waals surface area contributed by atoms with Crippen LogP contribution >= 0.6 is 22.7 Å². The normalized spacial score (nSPS) is 21.2. The summed E-state index contributed by atoms with van der Waals surface area (Å²) in [5.74, 6) is -2.35. The second kappa shape index (κ2) is 9.99. The lowest BCUT2D eigenvalue weighted by molar-refractivity contribution is -0.142. The van der Waals surface area contributed by atoms with Crippen LogP contribution in [-0.4, -0.2) is 33.8 Å². The van der Waals surface area contributed by atoms with E-state index in [0.29, 0.717) is 11.4 Å². The standard InChI is InChI=1S/C28H26N2O5S2/c1-15-11-13-36-25(15)21-20(24(31)19-10-9-17(3)35-19)22(26-16(2)12-14-37-26)30(23(21)27(32)33)28(34)29-18-7-5-4-6-8-18/h4-14,20-23H,1-3H3,(H,29,34)(H,32,33). The molecule has 1 saturated heterocycles. The van der Waals surface area contributed by atoms with E-state index in [1.54, 1.807) is 43.3 Å². The summed E-state index contributed by atoms with van der Waals surface area (Å²) in [7, 11) is 0. The highest BCUT2D eigenvalue weighted by molar-refractivity contribution is 7.10. The van der Waals surface area contributed by atoms with E-state index >= 15 is 0 Å². The second-order valence-corrected chi connectivity index (χ2v) is 11.1. The molecule has 0 bridgehead atoms. The van der Waals surface area contributed by atoms with Gasteiger partial charge in [-0.2, -0.15) is 0 Å². The minimum Gasteiger partial charge on any atom is -0.480 e. The van der Waals surface area contributed by atoms with Gasteiger partial charge in [0.25, 0.3) is 0 Å². The maximum Gasteiger partial charge on any atom is 0.327 e. The summed E-state index contributed by atoms with van der Waals surface area (Å²) in [4.78, 5) is 43.9. The van der Waals surface area contributed by atoms with E-state index in [2.05, 4.69) is 5.32 Å². The van der Waals surface area contributed by atoms with E-state index in [1.807, 2.05) is 42.8 Å². The van der Waals surface area contributed by atoms with Crippen molar-refractivity contribution in [2.24, 2.45) is 5.92 Å². The number of ketones is 1. The number of hydrogen-bond donors (Lipinski definition) is 2. The predicted molar refractivity (Wildman–Crippen MR) is 144 cm³/mol. The molecule has 2 amide bonds. The van der Waals surface area contributed by atoms with Crippen molar-refractivity contribution in [2.75, 3.05) is 5.32 Å². The number of benzene rings is 1. The highest BCUT2D eigenvalue weighted by Gasteiger charge is 2.59. The summed E-state index contributed by atoms with van der Waals surface area (Å²) in [6.07, 6.45) is 0. The van der Waals surface area contributed by atoms with E-state index in [4.69, 9.17) is 4.42 Å². The van der Waals surface area contributed by atoms with Gasteiger partial charge in [0.2, 0.25) is 5.78 Å². The molecule has 3 aromatic heterocycles. The summed E-state index contributed by atoms with van der Waals surface area (Å²) >= 11 is 2.83. The highest BCUT2D eigenvalue weighted by atomic mass is 32.1. The van der Waals surface area contributed by atoms with Gasteiger partial charge in [0, 0.05) is 21.4 Å². The van der Waals surface area contributed by atoms with Crippen molar-refractivity contribution < 1.29 is 23.9 Å². The number of carboxylic acids is 1. The fourth-order valence-corrected chi connectivity index (χ4v) is 7.37. The Bertz CT molecular complexity index is 1450. The van der Waals surface area contributed by atoms with Crippen LogP contribution in [0.3, 0.4) is 0 Å². The van der Waals surface area contributed by atoms with E-state index in [1.165, 1.54) is 27.6 Å². The molecule has 5 rings (SSSR count). The van der Waals surface area contributed by atoms with Gasteiger partial charge >= 0.3 is 12.0 Å². The van der Waals surface area contributed by atoms with Gasteiger partial charge in [-0.25, -0.2) is 9.59 Å². The van der Waals surface area contributed by atoms with Crippen LogP contribution in [0.15, 0.2) is 69.8 Å². The van der Waals surface area contributed by atoms with Crippen LogP contribution in [0.1, 0.15) is 49.2 Å². The molecule has 190 valence electrons. The fraction of sp³-hybridized carbons (Fsp3) is 0.250. The molecule has 2 N–H and O–H groups in total. The van der Waals surface area contributed by atoms with Crippen LogP contribution < -0.4 is 5.32 Å². The first-order chi connectivity index (χ1) is 17.8. The Morgan fingerprint density at radius 3 is 2.08 bits per heavy atom. The van der Waals surface area contributed by atoms with Crippen molar-refractivity contribution in [3.63, 3.8) is 0 Å². The molecule has 37 heavy (non-hydrogen) atoms. The number of aliphatic carboxylic acids is 1. The number of nitrogens with zero attached hydrogens (tertiary/aromatic N) is 1. The number of rotatable bonds is 6. The fourth-order valence-electron chi connectivity index (χ4n) is 5.19. The number of nitrogens with one attached hydrogen (secondary N) is 1. The number of carboxylic acid groups (broad SMARTS) is 1. The van der Waals surface area contributed by atoms with Crippen LogP contribution in [0, 0.1) is 26.7 Å². The van der Waals surface area contributed by atoms with Gasteiger partial charge in [0.05, 0.1) is 12.0 Å². The monoisotopic (exact) mass is 534 g/mol. The zero-order valence-electron chi connectivity index (χ0n) is 20.5. The third-order valence-electron chi connectivity index (χ3n) is 6.84. The summed E-state index contributed by atoms with van der Waals surface area (Å²) in [5.41, 5.74) is 2.33. The van der Waals surface area contributed by atoms with Crippen LogP contribution in [0.5, 0.6) is 0 Å². The Morgan fingerprint density at radius 2 is 1.54 bits per heavy atom. The van der Waals surface area contributed by atoms with Crippen LogP contribution in [0.4, 0.5) is 10.5 Å². The third-order valence-corrected chi connectivity index (χ3v) is 9.05. The maximum absolute atomic E-state index is 14.2. The minimum absolute atomic E-state index is 0.162. The van der Waals surface area contributed by atoms with E-state index < -0.39 is 35.9 Å². The predicted octanol–water partition coefficient (Wildman–Crippen LogP) is 6.65. The number of amides is 2. The molecule has 0 aliphatic carbocycles. The van der Waals surface area contributed by atoms with Gasteiger partial charge in [-0.3, -0.25) is 4.79 Å². The lowest BCUT2D eigenvalue weighted by atomic mass is 9.80. The molecular formula is C28H26N2O5S2. The number of furan rings is 1. The minimum atomic E-state index is -1.27. The van der Waals surface area contributed by atoms with Gasteiger partial charge in [-0.1, -0.05) is 18.2 Å². The molecule has 1 aliphatic heterocycles. The first-order valence-electron chi connectivity index (χ1n) is 11.8. The third kappa shape index (κ3) is 4.49. The van der Waals surface area contributed by atoms with E-state index in [-0.39, 0.29) is 11.5 Å². The van der Waals surface area contributed by atoms with Crippen molar-refractivity contribution in [3.8, 4) is 0 Å². The number of para-hydroxylation sites is 1. The van der Waals surface area contributed by atoms with Gasteiger partial charge in [0.1, 0.15) is 11.8 Å². The maximum atomic E-state index is 14.2. The first kappa shape index (κ1) is 25.0. The van der Waals surface area contributed by atoms with Gasteiger partial charge in [0.15, 0.2) is 5.76 Å². The molecule has 4 unspecified atom stereocenters. The molecule has 1 fully saturated rings. The molecule has 0 radical (unpaired) electrons. The molecule has 4 atom stereocenters. The summed E-state index contributed by atoms with van der Waals surface area (Å²) in [5, 5.41) is 17.2. The number of aryl methyl sites for hydroxylation is 3. The summed E-state index contributed by atoms with van der Waals surface area (Å²) < 4.78 is 5.73. The topological polar surface area (TPSA) is 99.9 Å². The number of carbonyl (C=O) groups excluding carboxylic acids is 2. The SMILES string of the molecule is Cc1ccc(C(=O)C2C(c3sccc3C)C(C(=O)O)N(C(=O)Nc3ccccc3)C2c2sccc2C)o1. The molecule has 4 heterocycles. The molecule has 1 aliphatic rings. The molecule has 4 aromatic rings. The average Bonchev–Trinajstić information content (AvgIpc) is 3.65. The number of carbonyl (C=O) groups is 3. The Kier molecular flexibility index (Phi) is 6.74. The van der Waals surface area contributed by atoms with E-state index in [0.717, 1.165) is 20.9 Å². The Hall–Kier alpha value is -3.69. The Balaban J connectivity index is 1.72. The summed E-state index contributed by atoms with van der Waals surface area (Å²) in [6.45, 7) is 5.57. The molecule has 0 saturated carbocycles. The smallest absolute Gasteiger partial charge is 0.327 e. The lowest BCUT2D eigenvalue weighted by Gasteiger charge is -2.30. The van der Waals surface area contributed by atoms with Crippen LogP contribution in [-0.2, 0) is 4.79 Å². The Labute approximate surface area is 222 Å². The number of Topliss-reactive ketones (excluding diaryl/α,β-unsaturated/α-hetero) is 1. The van der Waals surface area contributed by atoms with Gasteiger partial charge in [-0.05, 0) is 79.1 Å². The first-order valence-corrected chi connectivity index (χ1v) is 13.6. The van der Waals surface area contributed by atoms with Crippen molar-refractivity contribution >= 4 is 46.1 Å². The van der Waals surface area contributed by atoms with Crippen molar-refractivity contribution in [1.29, 1.82) is 0 Å². The largest absolute Gasteiger partial charge is 0.480 e. The van der Waals surface area contributed by atoms with Gasteiger partial charge < -0.3 is 19.7 Å². The highest BCUT2D eigenvalue weighted by Crippen LogP contribution is 2.54. The van der Waals surface area contributed by atoms with Crippen molar-refractivity contribution in [2.45, 2.75) is 38.8 Å². The van der Waals surface area contributed by atoms with Gasteiger partial charge in [-0.15, -0.1) is 22.7 Å². The number of thiophene rings is 2. The lowest BCUT2D eigenvalue weighted by Crippen LogP contribution is -2.45. The summed E-state index contributed by atoms with van der Waals surface area (Å²) in [6, 6.07) is 13.4.